The van der Waals surface area contributed by atoms with Gasteiger partial charge < -0.3 is 10.2 Å². The van der Waals surface area contributed by atoms with Crippen LogP contribution in [0.25, 0.3) is 0 Å². The largest absolute Gasteiger partial charge is 0.370 e. The second-order valence-corrected chi connectivity index (χ2v) is 5.24. The number of rotatable bonds is 1. The Morgan fingerprint density at radius 2 is 2.12 bits per heavy atom. The van der Waals surface area contributed by atoms with Crippen molar-refractivity contribution in [2.45, 2.75) is 19.9 Å². The zero-order valence-corrected chi connectivity index (χ0v) is 10.7. The molecule has 0 radical (unpaired) electrons. The van der Waals surface area contributed by atoms with Crippen molar-refractivity contribution < 1.29 is 0 Å². The summed E-state index contributed by atoms with van der Waals surface area (Å²) in [6.45, 7) is 7.75. The second-order valence-electron chi connectivity index (χ2n) is 4.80. The van der Waals surface area contributed by atoms with Gasteiger partial charge in [-0.2, -0.15) is 0 Å². The van der Waals surface area contributed by atoms with Gasteiger partial charge in [-0.05, 0) is 37.6 Å². The highest BCUT2D eigenvalue weighted by molar-refractivity contribution is 6.30. The van der Waals surface area contributed by atoms with Gasteiger partial charge in [0.1, 0.15) is 0 Å². The van der Waals surface area contributed by atoms with E-state index >= 15 is 0 Å². The summed E-state index contributed by atoms with van der Waals surface area (Å²) in [4.78, 5) is 2.42. The Hall–Kier alpha value is -0.730. The van der Waals surface area contributed by atoms with Gasteiger partial charge in [0.05, 0.1) is 0 Å². The van der Waals surface area contributed by atoms with Gasteiger partial charge in [-0.25, -0.2) is 0 Å². The van der Waals surface area contributed by atoms with Crippen molar-refractivity contribution in [2.75, 3.05) is 24.5 Å². The number of nitrogens with zero attached hydrogens (tertiary/aromatic N) is 1. The molecule has 2 nitrogen and oxygen atoms in total. The van der Waals surface area contributed by atoms with E-state index in [9.17, 15) is 0 Å². The maximum Gasteiger partial charge on any atom is 0.0426 e. The van der Waals surface area contributed by atoms with Crippen molar-refractivity contribution in [3.05, 3.63) is 29.3 Å². The first-order valence-corrected chi connectivity index (χ1v) is 6.27. The van der Waals surface area contributed by atoms with E-state index in [-0.39, 0.29) is 0 Å². The van der Waals surface area contributed by atoms with Crippen LogP contribution in [0.1, 0.15) is 13.8 Å². The highest BCUT2D eigenvalue weighted by Crippen LogP contribution is 2.21. The molecule has 1 aliphatic rings. The summed E-state index contributed by atoms with van der Waals surface area (Å²) in [5, 5.41) is 4.35. The molecule has 3 heteroatoms. The molecule has 1 aromatic carbocycles. The van der Waals surface area contributed by atoms with Crippen LogP contribution in [0.15, 0.2) is 24.3 Å². The van der Waals surface area contributed by atoms with Crippen molar-refractivity contribution in [2.24, 2.45) is 5.92 Å². The molecular formula is C13H19ClN2. The zero-order chi connectivity index (χ0) is 11.5. The van der Waals surface area contributed by atoms with Crippen LogP contribution >= 0.6 is 11.6 Å². The standard InChI is InChI=1S/C13H19ClN2/c1-10-7-15-11(2)9-16(8-10)13-5-3-4-12(14)6-13/h3-6,10-11,15H,7-9H2,1-2H3. The molecule has 2 atom stereocenters. The molecule has 1 heterocycles. The molecule has 1 fully saturated rings. The molecule has 0 amide bonds. The zero-order valence-electron chi connectivity index (χ0n) is 9.91. The summed E-state index contributed by atoms with van der Waals surface area (Å²) in [6.07, 6.45) is 0. The molecule has 1 aliphatic heterocycles. The van der Waals surface area contributed by atoms with Crippen LogP contribution in [0.4, 0.5) is 5.69 Å². The third kappa shape index (κ3) is 2.89. The van der Waals surface area contributed by atoms with Crippen LogP contribution in [0.2, 0.25) is 5.02 Å². The average molecular weight is 239 g/mol. The summed E-state index contributed by atoms with van der Waals surface area (Å²) in [5.41, 5.74) is 1.23. The fraction of sp³-hybridized carbons (Fsp3) is 0.538. The van der Waals surface area contributed by atoms with Crippen LogP contribution in [0.3, 0.4) is 0 Å². The van der Waals surface area contributed by atoms with Gasteiger partial charge in [0, 0.05) is 29.8 Å². The predicted molar refractivity (Wildman–Crippen MR) is 70.3 cm³/mol. The van der Waals surface area contributed by atoms with Crippen molar-refractivity contribution in [1.82, 2.24) is 5.32 Å². The SMILES string of the molecule is CC1CNC(C)CN(c2cccc(Cl)c2)C1. The lowest BCUT2D eigenvalue weighted by Crippen LogP contribution is -2.35. The molecular weight excluding hydrogens is 220 g/mol. The van der Waals surface area contributed by atoms with Crippen molar-refractivity contribution >= 4 is 17.3 Å². The van der Waals surface area contributed by atoms with Gasteiger partial charge >= 0.3 is 0 Å². The monoisotopic (exact) mass is 238 g/mol. The van der Waals surface area contributed by atoms with E-state index in [1.165, 1.54) is 5.69 Å². The van der Waals surface area contributed by atoms with Gasteiger partial charge in [0.15, 0.2) is 0 Å². The molecule has 0 spiro atoms. The maximum atomic E-state index is 6.04. The smallest absolute Gasteiger partial charge is 0.0426 e. The van der Waals surface area contributed by atoms with Gasteiger partial charge in [0.2, 0.25) is 0 Å². The Morgan fingerprint density at radius 1 is 1.31 bits per heavy atom. The molecule has 1 aromatic rings. The van der Waals surface area contributed by atoms with Gasteiger partial charge in [-0.3, -0.25) is 0 Å². The van der Waals surface area contributed by atoms with Gasteiger partial charge in [-0.15, -0.1) is 0 Å². The van der Waals surface area contributed by atoms with Crippen molar-refractivity contribution in [3.63, 3.8) is 0 Å². The Kier molecular flexibility index (Phi) is 3.72. The lowest BCUT2D eigenvalue weighted by Gasteiger charge is -2.26. The van der Waals surface area contributed by atoms with Crippen LogP contribution in [0.5, 0.6) is 0 Å². The number of halogens is 1. The molecule has 1 saturated heterocycles. The Labute approximate surface area is 103 Å². The minimum Gasteiger partial charge on any atom is -0.370 e. The second kappa shape index (κ2) is 5.07. The number of hydrogen-bond donors (Lipinski definition) is 1. The molecule has 0 saturated carbocycles. The molecule has 1 N–H and O–H groups in total. The minimum atomic E-state index is 0.531. The fourth-order valence-corrected chi connectivity index (χ4v) is 2.38. The van der Waals surface area contributed by atoms with E-state index in [4.69, 9.17) is 11.6 Å². The molecule has 0 aliphatic carbocycles. The van der Waals surface area contributed by atoms with Crippen LogP contribution in [-0.2, 0) is 0 Å². The number of benzene rings is 1. The predicted octanol–water partition coefficient (Wildman–Crippen LogP) is 2.77. The molecule has 88 valence electrons. The quantitative estimate of drug-likeness (QED) is 0.810. The molecule has 2 unspecified atom stereocenters. The Balaban J connectivity index is 2.18. The fourth-order valence-electron chi connectivity index (χ4n) is 2.20. The highest BCUT2D eigenvalue weighted by atomic mass is 35.5. The molecule has 16 heavy (non-hydrogen) atoms. The summed E-state index contributed by atoms with van der Waals surface area (Å²) in [6, 6.07) is 8.66. The maximum absolute atomic E-state index is 6.04. The van der Waals surface area contributed by atoms with E-state index in [0.29, 0.717) is 12.0 Å². The molecule has 0 aromatic heterocycles. The van der Waals surface area contributed by atoms with E-state index in [0.717, 1.165) is 24.7 Å². The van der Waals surface area contributed by atoms with Crippen molar-refractivity contribution in [3.8, 4) is 0 Å². The summed E-state index contributed by atoms with van der Waals surface area (Å²) in [7, 11) is 0. The van der Waals surface area contributed by atoms with E-state index in [1.807, 2.05) is 18.2 Å². The van der Waals surface area contributed by atoms with Gasteiger partial charge in [-0.1, -0.05) is 24.6 Å². The summed E-state index contributed by atoms with van der Waals surface area (Å²) >= 11 is 6.04. The Morgan fingerprint density at radius 3 is 2.88 bits per heavy atom. The van der Waals surface area contributed by atoms with E-state index < -0.39 is 0 Å². The average Bonchev–Trinajstić information content (AvgIpc) is 2.41. The third-order valence-electron chi connectivity index (χ3n) is 3.01. The first-order valence-electron chi connectivity index (χ1n) is 5.89. The topological polar surface area (TPSA) is 15.3 Å². The molecule has 2 rings (SSSR count). The van der Waals surface area contributed by atoms with Crippen molar-refractivity contribution in [1.29, 1.82) is 0 Å². The van der Waals surface area contributed by atoms with E-state index in [2.05, 4.69) is 30.1 Å². The number of anilines is 1. The highest BCUT2D eigenvalue weighted by Gasteiger charge is 2.18. The minimum absolute atomic E-state index is 0.531. The normalized spacial score (nSPS) is 26.6. The van der Waals surface area contributed by atoms with Crippen LogP contribution in [-0.4, -0.2) is 25.7 Å². The third-order valence-corrected chi connectivity index (χ3v) is 3.25. The number of nitrogens with one attached hydrogen (secondary N) is 1. The van der Waals surface area contributed by atoms with Crippen LogP contribution in [0, 0.1) is 5.92 Å². The Bertz CT molecular complexity index is 342. The first kappa shape index (κ1) is 11.7. The number of hydrogen-bond acceptors (Lipinski definition) is 2. The van der Waals surface area contributed by atoms with Crippen LogP contribution < -0.4 is 10.2 Å². The van der Waals surface area contributed by atoms with E-state index in [1.54, 1.807) is 0 Å². The summed E-state index contributed by atoms with van der Waals surface area (Å²) in [5.74, 6) is 0.670. The molecule has 0 bridgehead atoms. The van der Waals surface area contributed by atoms with Gasteiger partial charge in [0.25, 0.3) is 0 Å². The first-order chi connectivity index (χ1) is 7.65. The lowest BCUT2D eigenvalue weighted by atomic mass is 10.1. The summed E-state index contributed by atoms with van der Waals surface area (Å²) < 4.78 is 0. The lowest BCUT2D eigenvalue weighted by molar-refractivity contribution is 0.525.